The van der Waals surface area contributed by atoms with E-state index < -0.39 is 23.7 Å². The minimum absolute atomic E-state index is 0.230. The number of rotatable bonds is 8. The first kappa shape index (κ1) is 22.6. The number of unbranched alkanes of at least 4 members (excludes halogenated alkanes) is 2. The zero-order chi connectivity index (χ0) is 22.4. The molecule has 0 saturated carbocycles. The van der Waals surface area contributed by atoms with Crippen LogP contribution in [0.3, 0.4) is 0 Å². The Morgan fingerprint density at radius 3 is 1.94 bits per heavy atom. The lowest BCUT2D eigenvalue weighted by Crippen LogP contribution is -2.17. The summed E-state index contributed by atoms with van der Waals surface area (Å²) in [6, 6.07) is 14.3. The van der Waals surface area contributed by atoms with E-state index in [-0.39, 0.29) is 5.56 Å². The maximum atomic E-state index is 14.7. The Labute approximate surface area is 177 Å². The molecule has 31 heavy (non-hydrogen) atoms. The first-order valence-electron chi connectivity index (χ1n) is 9.85. The normalized spacial score (nSPS) is 11.4. The largest absolute Gasteiger partial charge is 0.573 e. The molecule has 0 saturated heterocycles. The van der Waals surface area contributed by atoms with Crippen molar-refractivity contribution < 1.29 is 31.4 Å². The van der Waals surface area contributed by atoms with Crippen LogP contribution in [0.25, 0.3) is 22.3 Å². The van der Waals surface area contributed by atoms with E-state index in [1.54, 1.807) is 36.4 Å². The quantitative estimate of drug-likeness (QED) is 0.265. The van der Waals surface area contributed by atoms with E-state index in [4.69, 9.17) is 4.74 Å². The van der Waals surface area contributed by atoms with Gasteiger partial charge in [-0.3, -0.25) is 0 Å². The molecule has 0 spiro atoms. The maximum Gasteiger partial charge on any atom is 0.573 e. The second-order valence-corrected chi connectivity index (χ2v) is 6.97. The molecule has 3 aromatic rings. The summed E-state index contributed by atoms with van der Waals surface area (Å²) in [5, 5.41) is 0. The van der Waals surface area contributed by atoms with Crippen molar-refractivity contribution in [1.82, 2.24) is 0 Å². The van der Waals surface area contributed by atoms with Crippen LogP contribution < -0.4 is 9.47 Å². The molecule has 0 bridgehead atoms. The first-order chi connectivity index (χ1) is 14.8. The highest BCUT2D eigenvalue weighted by atomic mass is 19.4. The Bertz CT molecular complexity index is 1010. The number of hydrogen-bond donors (Lipinski definition) is 0. The lowest BCUT2D eigenvalue weighted by Gasteiger charge is -2.11. The number of hydrogen-bond acceptors (Lipinski definition) is 2. The molecule has 0 atom stereocenters. The molecule has 0 aliphatic rings. The van der Waals surface area contributed by atoms with E-state index in [1.807, 2.05) is 0 Å². The van der Waals surface area contributed by atoms with E-state index in [0.29, 0.717) is 29.0 Å². The second-order valence-electron chi connectivity index (χ2n) is 6.97. The molecule has 0 unspecified atom stereocenters. The topological polar surface area (TPSA) is 18.5 Å². The Morgan fingerprint density at radius 2 is 1.35 bits per heavy atom. The Balaban J connectivity index is 1.75. The average Bonchev–Trinajstić information content (AvgIpc) is 2.72. The standard InChI is InChI=1S/C24H21F5O2/c1-2-3-4-13-30-19-9-5-16(6-10-19)20-11-7-17(14-21(20)25)18-8-12-23(22(26)15-18)31-24(27,28)29/h5-12,14-15H,2-4,13H2,1H3. The fourth-order valence-electron chi connectivity index (χ4n) is 3.09. The smallest absolute Gasteiger partial charge is 0.494 e. The Hall–Kier alpha value is -3.09. The molecule has 2 nitrogen and oxygen atoms in total. The van der Waals surface area contributed by atoms with Gasteiger partial charge in [-0.05, 0) is 53.4 Å². The fourth-order valence-corrected chi connectivity index (χ4v) is 3.09. The van der Waals surface area contributed by atoms with Crippen molar-refractivity contribution in [3.05, 3.63) is 72.3 Å². The summed E-state index contributed by atoms with van der Waals surface area (Å²) in [4.78, 5) is 0. The van der Waals surface area contributed by atoms with Crippen molar-refractivity contribution in [1.29, 1.82) is 0 Å². The van der Waals surface area contributed by atoms with Gasteiger partial charge >= 0.3 is 6.36 Å². The highest BCUT2D eigenvalue weighted by molar-refractivity contribution is 5.71. The molecule has 0 N–H and O–H groups in total. The van der Waals surface area contributed by atoms with Crippen molar-refractivity contribution in [2.75, 3.05) is 6.61 Å². The number of alkyl halides is 3. The van der Waals surface area contributed by atoms with E-state index >= 15 is 0 Å². The van der Waals surface area contributed by atoms with Crippen LogP contribution in [0.5, 0.6) is 11.5 Å². The lowest BCUT2D eigenvalue weighted by molar-refractivity contribution is -0.275. The summed E-state index contributed by atoms with van der Waals surface area (Å²) in [7, 11) is 0. The minimum atomic E-state index is -4.99. The van der Waals surface area contributed by atoms with Crippen LogP contribution in [0, 0.1) is 11.6 Å². The van der Waals surface area contributed by atoms with E-state index in [9.17, 15) is 22.0 Å². The molecule has 0 aromatic heterocycles. The molecule has 3 aromatic carbocycles. The SMILES string of the molecule is CCCCCOc1ccc(-c2ccc(-c3ccc(OC(F)(F)F)c(F)c3)cc2F)cc1. The monoisotopic (exact) mass is 436 g/mol. The first-order valence-corrected chi connectivity index (χ1v) is 9.85. The fraction of sp³-hybridized carbons (Fsp3) is 0.250. The predicted octanol–water partition coefficient (Wildman–Crippen LogP) is 7.77. The van der Waals surface area contributed by atoms with Crippen LogP contribution in [-0.2, 0) is 0 Å². The molecular weight excluding hydrogens is 415 g/mol. The molecule has 0 aliphatic heterocycles. The number of halogens is 5. The second kappa shape index (κ2) is 9.81. The zero-order valence-corrected chi connectivity index (χ0v) is 16.8. The van der Waals surface area contributed by atoms with Crippen LogP contribution in [0.4, 0.5) is 22.0 Å². The molecule has 0 radical (unpaired) electrons. The average molecular weight is 436 g/mol. The van der Waals surface area contributed by atoms with Crippen molar-refractivity contribution in [2.24, 2.45) is 0 Å². The van der Waals surface area contributed by atoms with Gasteiger partial charge in [0.15, 0.2) is 11.6 Å². The van der Waals surface area contributed by atoms with Gasteiger partial charge in [-0.15, -0.1) is 13.2 Å². The van der Waals surface area contributed by atoms with Crippen LogP contribution in [0.1, 0.15) is 26.2 Å². The molecule has 164 valence electrons. The molecule has 0 amide bonds. The van der Waals surface area contributed by atoms with Crippen molar-refractivity contribution in [2.45, 2.75) is 32.5 Å². The third-order valence-electron chi connectivity index (χ3n) is 4.64. The van der Waals surface area contributed by atoms with E-state index in [0.717, 1.165) is 31.4 Å². The maximum absolute atomic E-state index is 14.7. The van der Waals surface area contributed by atoms with Gasteiger partial charge in [-0.2, -0.15) is 0 Å². The molecule has 7 heteroatoms. The van der Waals surface area contributed by atoms with Gasteiger partial charge in [0, 0.05) is 5.56 Å². The summed E-state index contributed by atoms with van der Waals surface area (Å²) in [5.74, 6) is -1.96. The molecule has 0 fully saturated rings. The molecular formula is C24H21F5O2. The van der Waals surface area contributed by atoms with Crippen LogP contribution >= 0.6 is 0 Å². The lowest BCUT2D eigenvalue weighted by atomic mass is 9.99. The third-order valence-corrected chi connectivity index (χ3v) is 4.64. The van der Waals surface area contributed by atoms with Crippen LogP contribution in [-0.4, -0.2) is 13.0 Å². The van der Waals surface area contributed by atoms with Crippen molar-refractivity contribution in [3.8, 4) is 33.8 Å². The highest BCUT2D eigenvalue weighted by Gasteiger charge is 2.32. The van der Waals surface area contributed by atoms with Crippen molar-refractivity contribution in [3.63, 3.8) is 0 Å². The van der Waals surface area contributed by atoms with Gasteiger partial charge in [-0.25, -0.2) is 8.78 Å². The van der Waals surface area contributed by atoms with Gasteiger partial charge in [0.1, 0.15) is 11.6 Å². The summed E-state index contributed by atoms with van der Waals surface area (Å²) in [5.41, 5.74) is 1.55. The van der Waals surface area contributed by atoms with Crippen molar-refractivity contribution >= 4 is 0 Å². The Kier molecular flexibility index (Phi) is 7.15. The summed E-state index contributed by atoms with van der Waals surface area (Å²) in [6.45, 7) is 2.74. The van der Waals surface area contributed by atoms with Gasteiger partial charge in [0.2, 0.25) is 0 Å². The molecule has 0 aliphatic carbocycles. The van der Waals surface area contributed by atoms with Crippen LogP contribution in [0.15, 0.2) is 60.7 Å². The zero-order valence-electron chi connectivity index (χ0n) is 16.8. The summed E-state index contributed by atoms with van der Waals surface area (Å²) >= 11 is 0. The Morgan fingerprint density at radius 1 is 0.742 bits per heavy atom. The van der Waals surface area contributed by atoms with Gasteiger partial charge in [-0.1, -0.05) is 50.1 Å². The van der Waals surface area contributed by atoms with Gasteiger partial charge < -0.3 is 9.47 Å². The van der Waals surface area contributed by atoms with E-state index in [1.165, 1.54) is 12.1 Å². The number of ether oxygens (including phenoxy) is 2. The van der Waals surface area contributed by atoms with E-state index in [2.05, 4.69) is 11.7 Å². The van der Waals surface area contributed by atoms with Gasteiger partial charge in [0.25, 0.3) is 0 Å². The van der Waals surface area contributed by atoms with Gasteiger partial charge in [0.05, 0.1) is 6.61 Å². The number of benzene rings is 3. The third kappa shape index (κ3) is 6.20. The molecule has 3 rings (SSSR count). The minimum Gasteiger partial charge on any atom is -0.494 e. The predicted molar refractivity (Wildman–Crippen MR) is 109 cm³/mol. The highest BCUT2D eigenvalue weighted by Crippen LogP contribution is 2.32. The summed E-state index contributed by atoms with van der Waals surface area (Å²) in [6.07, 6.45) is -1.82. The molecule has 0 heterocycles. The van der Waals surface area contributed by atoms with Crippen LogP contribution in [0.2, 0.25) is 0 Å². The summed E-state index contributed by atoms with van der Waals surface area (Å²) < 4.78 is 74.7.